The van der Waals surface area contributed by atoms with Crippen molar-refractivity contribution < 1.29 is 14.3 Å². The van der Waals surface area contributed by atoms with Gasteiger partial charge in [-0.1, -0.05) is 18.6 Å². The van der Waals surface area contributed by atoms with Crippen molar-refractivity contribution >= 4 is 33.3 Å². The molecule has 1 aliphatic carbocycles. The van der Waals surface area contributed by atoms with Crippen molar-refractivity contribution in [2.75, 3.05) is 0 Å². The number of esters is 1. The second-order valence-electron chi connectivity index (χ2n) is 8.30. The van der Waals surface area contributed by atoms with Gasteiger partial charge in [-0.3, -0.25) is 14.2 Å². The van der Waals surface area contributed by atoms with Gasteiger partial charge in [0.05, 0.1) is 18.3 Å². The first-order valence-electron chi connectivity index (χ1n) is 10.6. The normalized spacial score (nSPS) is 14.7. The van der Waals surface area contributed by atoms with E-state index in [0.29, 0.717) is 26.2 Å². The van der Waals surface area contributed by atoms with E-state index in [1.165, 1.54) is 28.7 Å². The lowest BCUT2D eigenvalue weighted by Crippen LogP contribution is -2.25. The van der Waals surface area contributed by atoms with E-state index in [1.807, 2.05) is 26.0 Å². The van der Waals surface area contributed by atoms with E-state index in [4.69, 9.17) is 4.74 Å². The van der Waals surface area contributed by atoms with E-state index < -0.39 is 0 Å². The quantitative estimate of drug-likeness (QED) is 0.424. The number of fused-ring (bicyclic) bond motifs is 1. The molecule has 0 amide bonds. The van der Waals surface area contributed by atoms with Crippen molar-refractivity contribution in [3.05, 3.63) is 62.0 Å². The van der Waals surface area contributed by atoms with Crippen LogP contribution in [0, 0.1) is 20.8 Å². The highest BCUT2D eigenvalue weighted by molar-refractivity contribution is 7.20. The number of benzene rings is 1. The van der Waals surface area contributed by atoms with E-state index in [1.54, 1.807) is 13.0 Å². The molecule has 1 fully saturated rings. The van der Waals surface area contributed by atoms with Crippen LogP contribution in [-0.2, 0) is 11.3 Å². The predicted octanol–water partition coefficient (Wildman–Crippen LogP) is 4.76. The Morgan fingerprint density at radius 3 is 2.58 bits per heavy atom. The van der Waals surface area contributed by atoms with Gasteiger partial charge in [-0.25, -0.2) is 9.78 Å². The van der Waals surface area contributed by atoms with Crippen LogP contribution in [0.25, 0.3) is 10.2 Å². The van der Waals surface area contributed by atoms with Crippen molar-refractivity contribution in [1.29, 1.82) is 0 Å². The summed E-state index contributed by atoms with van der Waals surface area (Å²) in [6.45, 7) is 5.59. The van der Waals surface area contributed by atoms with Gasteiger partial charge in [0.25, 0.3) is 5.56 Å². The molecule has 6 nitrogen and oxygen atoms in total. The maximum Gasteiger partial charge on any atom is 0.348 e. The van der Waals surface area contributed by atoms with Crippen LogP contribution >= 0.6 is 11.3 Å². The van der Waals surface area contributed by atoms with Crippen LogP contribution in [0.2, 0.25) is 0 Å². The standard InChI is InChI=1S/C24H26N2O4S/c1-14-9-10-17(11-15(14)2)19(27)12-26-13-25-22-20(23(26)28)16(3)21(31-22)24(29)30-18-7-5-4-6-8-18/h9-11,13,18H,4-8,12H2,1-3H3. The zero-order chi connectivity index (χ0) is 22.1. The highest BCUT2D eigenvalue weighted by Gasteiger charge is 2.24. The third-order valence-corrected chi connectivity index (χ3v) is 7.25. The van der Waals surface area contributed by atoms with Gasteiger partial charge in [-0.2, -0.15) is 0 Å². The van der Waals surface area contributed by atoms with Crippen molar-refractivity contribution in [2.45, 2.75) is 65.5 Å². The van der Waals surface area contributed by atoms with Gasteiger partial charge in [0, 0.05) is 5.56 Å². The van der Waals surface area contributed by atoms with Gasteiger partial charge < -0.3 is 4.74 Å². The van der Waals surface area contributed by atoms with E-state index in [9.17, 15) is 14.4 Å². The number of rotatable bonds is 5. The lowest BCUT2D eigenvalue weighted by molar-refractivity contribution is 0.0216. The average Bonchev–Trinajstić information content (AvgIpc) is 3.10. The number of aromatic nitrogens is 2. The number of hydrogen-bond acceptors (Lipinski definition) is 6. The van der Waals surface area contributed by atoms with Crippen molar-refractivity contribution in [1.82, 2.24) is 9.55 Å². The molecule has 0 aliphatic heterocycles. The molecule has 0 bridgehead atoms. The van der Waals surface area contributed by atoms with Crippen molar-refractivity contribution in [2.24, 2.45) is 0 Å². The summed E-state index contributed by atoms with van der Waals surface area (Å²) in [6, 6.07) is 5.51. The third-order valence-electron chi connectivity index (χ3n) is 6.07. The number of carbonyl (C=O) groups excluding carboxylic acids is 2. The summed E-state index contributed by atoms with van der Waals surface area (Å²) >= 11 is 1.18. The SMILES string of the molecule is Cc1ccc(C(=O)Cn2cnc3sc(C(=O)OC4CCCCC4)c(C)c3c2=O)cc1C. The fourth-order valence-electron chi connectivity index (χ4n) is 4.02. The molecule has 162 valence electrons. The minimum atomic E-state index is -0.385. The lowest BCUT2D eigenvalue weighted by atomic mass is 9.98. The molecule has 2 heterocycles. The molecular weight excluding hydrogens is 412 g/mol. The summed E-state index contributed by atoms with van der Waals surface area (Å²) in [5.74, 6) is -0.541. The van der Waals surface area contributed by atoms with Crippen LogP contribution in [0.1, 0.15) is 68.8 Å². The van der Waals surface area contributed by atoms with Crippen molar-refractivity contribution in [3.63, 3.8) is 0 Å². The molecule has 7 heteroatoms. The Morgan fingerprint density at radius 2 is 1.87 bits per heavy atom. The molecule has 1 aliphatic rings. The Balaban J connectivity index is 1.60. The zero-order valence-electron chi connectivity index (χ0n) is 18.1. The van der Waals surface area contributed by atoms with E-state index in [2.05, 4.69) is 4.98 Å². The van der Waals surface area contributed by atoms with Crippen molar-refractivity contribution in [3.8, 4) is 0 Å². The molecule has 1 saturated carbocycles. The van der Waals surface area contributed by atoms with Gasteiger partial charge in [0.1, 0.15) is 15.8 Å². The second kappa shape index (κ2) is 8.75. The molecule has 2 aromatic heterocycles. The molecule has 0 atom stereocenters. The highest BCUT2D eigenvalue weighted by Crippen LogP contribution is 2.29. The molecule has 0 N–H and O–H groups in total. The van der Waals surface area contributed by atoms with Gasteiger partial charge >= 0.3 is 5.97 Å². The minimum Gasteiger partial charge on any atom is -0.458 e. The molecule has 3 aromatic rings. The molecule has 0 unspecified atom stereocenters. The Hall–Kier alpha value is -2.80. The summed E-state index contributed by atoms with van der Waals surface area (Å²) in [4.78, 5) is 43.8. The second-order valence-corrected chi connectivity index (χ2v) is 9.30. The molecule has 0 spiro atoms. The Morgan fingerprint density at radius 1 is 1.13 bits per heavy atom. The maximum atomic E-state index is 13.1. The first-order valence-corrected chi connectivity index (χ1v) is 11.5. The van der Waals surface area contributed by atoms with E-state index >= 15 is 0 Å². The van der Waals surface area contributed by atoms with Crippen LogP contribution in [0.3, 0.4) is 0 Å². The summed E-state index contributed by atoms with van der Waals surface area (Å²) in [7, 11) is 0. The molecule has 1 aromatic carbocycles. The number of aryl methyl sites for hydroxylation is 3. The minimum absolute atomic E-state index is 0.0499. The molecule has 0 radical (unpaired) electrons. The van der Waals surface area contributed by atoms with Crippen LogP contribution in [0.4, 0.5) is 0 Å². The lowest BCUT2D eigenvalue weighted by Gasteiger charge is -2.21. The molecular formula is C24H26N2O4S. The van der Waals surface area contributed by atoms with Gasteiger partial charge in [-0.15, -0.1) is 11.3 Å². The Labute approximate surface area is 184 Å². The van der Waals surface area contributed by atoms with Crippen LogP contribution in [0.5, 0.6) is 0 Å². The number of thiophene rings is 1. The zero-order valence-corrected chi connectivity index (χ0v) is 18.9. The number of Topliss-reactive ketones (excluding diaryl/α,β-unsaturated/α-hetero) is 1. The summed E-state index contributed by atoms with van der Waals surface area (Å²) in [6.07, 6.45) is 6.44. The summed E-state index contributed by atoms with van der Waals surface area (Å²) in [5, 5.41) is 0.385. The highest BCUT2D eigenvalue weighted by atomic mass is 32.1. The van der Waals surface area contributed by atoms with Gasteiger partial charge in [0.15, 0.2) is 5.78 Å². The first-order chi connectivity index (χ1) is 14.8. The monoisotopic (exact) mass is 438 g/mol. The first kappa shape index (κ1) is 21.4. The summed E-state index contributed by atoms with van der Waals surface area (Å²) < 4.78 is 7.00. The van der Waals surface area contributed by atoms with Gasteiger partial charge in [0.2, 0.25) is 0 Å². The van der Waals surface area contributed by atoms with Crippen LogP contribution < -0.4 is 5.56 Å². The Bertz CT molecular complexity index is 1220. The number of hydrogen-bond donors (Lipinski definition) is 0. The molecule has 31 heavy (non-hydrogen) atoms. The largest absolute Gasteiger partial charge is 0.458 e. The fraction of sp³-hybridized carbons (Fsp3) is 0.417. The number of carbonyl (C=O) groups is 2. The fourth-order valence-corrected chi connectivity index (χ4v) is 5.04. The average molecular weight is 439 g/mol. The maximum absolute atomic E-state index is 13.1. The molecule has 4 rings (SSSR count). The van der Waals surface area contributed by atoms with Crippen LogP contribution in [0.15, 0.2) is 29.3 Å². The van der Waals surface area contributed by atoms with E-state index in [-0.39, 0.29) is 30.0 Å². The molecule has 0 saturated heterocycles. The number of nitrogens with zero attached hydrogens (tertiary/aromatic N) is 2. The number of ether oxygens (including phenoxy) is 1. The van der Waals surface area contributed by atoms with Gasteiger partial charge in [-0.05, 0) is 69.2 Å². The third kappa shape index (κ3) is 4.32. The van der Waals surface area contributed by atoms with Crippen LogP contribution in [-0.4, -0.2) is 27.4 Å². The Kier molecular flexibility index (Phi) is 6.05. The topological polar surface area (TPSA) is 78.3 Å². The number of ketones is 1. The predicted molar refractivity (Wildman–Crippen MR) is 121 cm³/mol. The smallest absolute Gasteiger partial charge is 0.348 e. The van der Waals surface area contributed by atoms with E-state index in [0.717, 1.165) is 36.8 Å². The summed E-state index contributed by atoms with van der Waals surface area (Å²) in [5.41, 5.74) is 2.97.